The molecule has 5 heteroatoms. The van der Waals surface area contributed by atoms with E-state index in [9.17, 15) is 9.18 Å². The Kier molecular flexibility index (Phi) is 5.91. The monoisotopic (exact) mass is 308 g/mol. The van der Waals surface area contributed by atoms with Crippen LogP contribution in [0.2, 0.25) is 0 Å². The van der Waals surface area contributed by atoms with Gasteiger partial charge < -0.3 is 15.4 Å². The molecule has 1 saturated heterocycles. The van der Waals surface area contributed by atoms with Gasteiger partial charge in [0.15, 0.2) is 0 Å². The summed E-state index contributed by atoms with van der Waals surface area (Å²) in [4.78, 5) is 12.5. The number of benzene rings is 1. The lowest BCUT2D eigenvalue weighted by Gasteiger charge is -2.30. The Morgan fingerprint density at radius 2 is 2.00 bits per heavy atom. The van der Waals surface area contributed by atoms with Gasteiger partial charge in [-0.05, 0) is 43.4 Å². The molecule has 2 N–H and O–H groups in total. The minimum Gasteiger partial charge on any atom is -0.381 e. The van der Waals surface area contributed by atoms with E-state index in [2.05, 4.69) is 10.6 Å². The van der Waals surface area contributed by atoms with E-state index in [1.54, 1.807) is 12.1 Å². The minimum atomic E-state index is -0.410. The fourth-order valence-electron chi connectivity index (χ4n) is 2.63. The van der Waals surface area contributed by atoms with E-state index in [4.69, 9.17) is 4.74 Å². The second-order valence-electron chi connectivity index (χ2n) is 6.25. The Balaban J connectivity index is 2.04. The zero-order chi connectivity index (χ0) is 16.1. The molecule has 1 fully saturated rings. The number of carbonyl (C=O) groups excluding carboxylic acids is 1. The van der Waals surface area contributed by atoms with Crippen molar-refractivity contribution in [3.63, 3.8) is 0 Å². The van der Waals surface area contributed by atoms with E-state index in [0.717, 1.165) is 31.6 Å². The highest BCUT2D eigenvalue weighted by Crippen LogP contribution is 2.18. The van der Waals surface area contributed by atoms with Gasteiger partial charge in [0.25, 0.3) is 0 Å². The Hall–Kier alpha value is -1.46. The average molecular weight is 308 g/mol. The van der Waals surface area contributed by atoms with E-state index in [0.29, 0.717) is 0 Å². The van der Waals surface area contributed by atoms with E-state index in [1.165, 1.54) is 6.07 Å². The van der Waals surface area contributed by atoms with Crippen molar-refractivity contribution in [2.75, 3.05) is 18.5 Å². The highest BCUT2D eigenvalue weighted by atomic mass is 19.1. The van der Waals surface area contributed by atoms with Gasteiger partial charge in [-0.2, -0.15) is 0 Å². The summed E-state index contributed by atoms with van der Waals surface area (Å²) in [5.74, 6) is -0.478. The number of rotatable bonds is 5. The van der Waals surface area contributed by atoms with E-state index < -0.39 is 5.82 Å². The van der Waals surface area contributed by atoms with Crippen molar-refractivity contribution in [2.45, 2.75) is 45.7 Å². The normalized spacial score (nSPS) is 17.5. The van der Waals surface area contributed by atoms with Crippen LogP contribution < -0.4 is 10.6 Å². The maximum atomic E-state index is 13.8. The summed E-state index contributed by atoms with van der Waals surface area (Å²) in [6.07, 6.45) is 1.80. The van der Waals surface area contributed by atoms with Crippen LogP contribution in [0.15, 0.2) is 18.2 Å². The molecule has 4 nitrogen and oxygen atoms in total. The number of aryl methyl sites for hydroxylation is 1. The van der Waals surface area contributed by atoms with Gasteiger partial charge in [-0.25, -0.2) is 4.39 Å². The summed E-state index contributed by atoms with van der Waals surface area (Å²) in [6.45, 7) is 7.29. The molecule has 1 aliphatic heterocycles. The van der Waals surface area contributed by atoms with Crippen LogP contribution in [0.5, 0.6) is 0 Å². The highest BCUT2D eigenvalue weighted by Gasteiger charge is 2.26. The van der Waals surface area contributed by atoms with Gasteiger partial charge in [-0.3, -0.25) is 4.79 Å². The third-order valence-electron chi connectivity index (χ3n) is 3.97. The molecule has 0 saturated carbocycles. The first-order valence-corrected chi connectivity index (χ1v) is 7.88. The molecule has 122 valence electrons. The van der Waals surface area contributed by atoms with Gasteiger partial charge >= 0.3 is 0 Å². The molecule has 0 spiro atoms. The molecule has 1 atom stereocenters. The highest BCUT2D eigenvalue weighted by molar-refractivity contribution is 5.95. The lowest BCUT2D eigenvalue weighted by molar-refractivity contribution is -0.119. The number of hydrogen-bond acceptors (Lipinski definition) is 3. The van der Waals surface area contributed by atoms with Crippen molar-refractivity contribution < 1.29 is 13.9 Å². The van der Waals surface area contributed by atoms with Gasteiger partial charge in [0.2, 0.25) is 5.91 Å². The molecule has 1 aliphatic rings. The first kappa shape index (κ1) is 16.9. The van der Waals surface area contributed by atoms with Crippen LogP contribution in [0.1, 0.15) is 32.3 Å². The molecular formula is C17H25FN2O2. The Morgan fingerprint density at radius 1 is 1.32 bits per heavy atom. The number of halogens is 1. The van der Waals surface area contributed by atoms with E-state index in [1.807, 2.05) is 20.8 Å². The number of anilines is 1. The van der Waals surface area contributed by atoms with Gasteiger partial charge in [-0.15, -0.1) is 0 Å². The molecule has 1 aromatic rings. The molecule has 0 radical (unpaired) electrons. The van der Waals surface area contributed by atoms with Crippen LogP contribution >= 0.6 is 0 Å². The van der Waals surface area contributed by atoms with Crippen molar-refractivity contribution in [2.24, 2.45) is 5.92 Å². The zero-order valence-corrected chi connectivity index (χ0v) is 13.5. The lowest BCUT2D eigenvalue weighted by Crippen LogP contribution is -2.50. The molecule has 1 heterocycles. The van der Waals surface area contributed by atoms with Crippen molar-refractivity contribution in [1.82, 2.24) is 5.32 Å². The number of nitrogens with one attached hydrogen (secondary N) is 2. The fourth-order valence-corrected chi connectivity index (χ4v) is 2.63. The fraction of sp³-hybridized carbons (Fsp3) is 0.588. The predicted octanol–water partition coefficient (Wildman–Crippen LogP) is 2.87. The third-order valence-corrected chi connectivity index (χ3v) is 3.97. The topological polar surface area (TPSA) is 50.4 Å². The van der Waals surface area contributed by atoms with Crippen molar-refractivity contribution in [3.8, 4) is 0 Å². The van der Waals surface area contributed by atoms with E-state index >= 15 is 0 Å². The number of hydrogen-bond donors (Lipinski definition) is 2. The summed E-state index contributed by atoms with van der Waals surface area (Å²) in [6, 6.07) is 4.64. The molecule has 1 aromatic carbocycles. The Labute approximate surface area is 131 Å². The maximum Gasteiger partial charge on any atom is 0.241 e. The van der Waals surface area contributed by atoms with Crippen LogP contribution in [0.4, 0.5) is 10.1 Å². The van der Waals surface area contributed by atoms with Crippen LogP contribution in [-0.4, -0.2) is 31.2 Å². The van der Waals surface area contributed by atoms with Gasteiger partial charge in [0.1, 0.15) is 5.82 Å². The first-order valence-electron chi connectivity index (χ1n) is 7.88. The molecule has 0 aliphatic carbocycles. The van der Waals surface area contributed by atoms with Crippen LogP contribution in [-0.2, 0) is 9.53 Å². The smallest absolute Gasteiger partial charge is 0.241 e. The number of amides is 1. The molecule has 0 aromatic heterocycles. The molecule has 1 amide bonds. The van der Waals surface area contributed by atoms with Gasteiger partial charge in [0.05, 0.1) is 11.7 Å². The number of ether oxygens (including phenoxy) is 1. The van der Waals surface area contributed by atoms with Gasteiger partial charge in [0, 0.05) is 19.3 Å². The summed E-state index contributed by atoms with van der Waals surface area (Å²) in [5, 5.41) is 6.11. The van der Waals surface area contributed by atoms with Crippen LogP contribution in [0.3, 0.4) is 0 Å². The summed E-state index contributed by atoms with van der Waals surface area (Å²) < 4.78 is 19.1. The largest absolute Gasteiger partial charge is 0.381 e. The third kappa shape index (κ3) is 4.52. The minimum absolute atomic E-state index is 0.121. The van der Waals surface area contributed by atoms with Gasteiger partial charge in [-0.1, -0.05) is 19.9 Å². The Morgan fingerprint density at radius 3 is 2.64 bits per heavy atom. The Bertz CT molecular complexity index is 513. The second kappa shape index (κ2) is 7.70. The first-order chi connectivity index (χ1) is 10.5. The quantitative estimate of drug-likeness (QED) is 0.879. The zero-order valence-electron chi connectivity index (χ0n) is 13.5. The van der Waals surface area contributed by atoms with Crippen molar-refractivity contribution in [3.05, 3.63) is 29.6 Å². The van der Waals surface area contributed by atoms with Crippen molar-refractivity contribution >= 4 is 11.6 Å². The molecule has 22 heavy (non-hydrogen) atoms. The standard InChI is InChI=1S/C17H25FN2O2/c1-11(2)16(19-13-6-8-22-9-7-13)17(21)20-15-10-12(3)4-5-14(15)18/h4-5,10-11,13,16,19H,6-9H2,1-3H3,(H,20,21). The molecular weight excluding hydrogens is 283 g/mol. The molecule has 1 unspecified atom stereocenters. The number of carbonyl (C=O) groups is 1. The van der Waals surface area contributed by atoms with Crippen molar-refractivity contribution in [1.29, 1.82) is 0 Å². The summed E-state index contributed by atoms with van der Waals surface area (Å²) in [5.41, 5.74) is 1.15. The molecule has 2 rings (SSSR count). The maximum absolute atomic E-state index is 13.8. The van der Waals surface area contributed by atoms with E-state index in [-0.39, 0.29) is 29.6 Å². The SMILES string of the molecule is Cc1ccc(F)c(NC(=O)C(NC2CCOCC2)C(C)C)c1. The summed E-state index contributed by atoms with van der Waals surface area (Å²) >= 11 is 0. The lowest BCUT2D eigenvalue weighted by atomic mass is 9.99. The summed E-state index contributed by atoms with van der Waals surface area (Å²) in [7, 11) is 0. The predicted molar refractivity (Wildman–Crippen MR) is 85.4 cm³/mol. The van der Waals surface area contributed by atoms with Crippen LogP contribution in [0.25, 0.3) is 0 Å². The molecule has 0 bridgehead atoms. The van der Waals surface area contributed by atoms with Crippen LogP contribution in [0, 0.1) is 18.7 Å². The second-order valence-corrected chi connectivity index (χ2v) is 6.25. The average Bonchev–Trinajstić information content (AvgIpc) is 2.49.